The molecular formula is C24H26ClNO6. The molecule has 2 aromatic carbocycles. The maximum atomic E-state index is 12.3. The first kappa shape index (κ1) is 24.9. The van der Waals surface area contributed by atoms with Crippen molar-refractivity contribution in [2.45, 2.75) is 26.3 Å². The number of benzene rings is 2. The highest BCUT2D eigenvalue weighted by Crippen LogP contribution is 2.36. The molecule has 0 aliphatic carbocycles. The number of rotatable bonds is 10. The third-order valence-electron chi connectivity index (χ3n) is 4.80. The van der Waals surface area contributed by atoms with E-state index in [9.17, 15) is 14.7 Å². The second-order valence-corrected chi connectivity index (χ2v) is 7.42. The summed E-state index contributed by atoms with van der Waals surface area (Å²) in [6, 6.07) is 9.38. The summed E-state index contributed by atoms with van der Waals surface area (Å²) in [6.45, 7) is 3.73. The van der Waals surface area contributed by atoms with E-state index in [4.69, 9.17) is 25.8 Å². The molecule has 0 heterocycles. The lowest BCUT2D eigenvalue weighted by Gasteiger charge is -2.14. The van der Waals surface area contributed by atoms with Crippen LogP contribution in [0.25, 0.3) is 6.08 Å². The summed E-state index contributed by atoms with van der Waals surface area (Å²) in [7, 11) is 2.99. The number of nitrogens with zero attached hydrogens (tertiary/aromatic N) is 1. The first-order valence-corrected chi connectivity index (χ1v) is 10.3. The molecule has 170 valence electrons. The topological polar surface area (TPSA) is 94.4 Å². The average Bonchev–Trinajstić information content (AvgIpc) is 2.79. The van der Waals surface area contributed by atoms with Gasteiger partial charge in [-0.2, -0.15) is 0 Å². The van der Waals surface area contributed by atoms with Crippen molar-refractivity contribution in [1.29, 1.82) is 0 Å². The fraction of sp³-hybridized carbons (Fsp3) is 0.292. The molecule has 0 aliphatic rings. The molecule has 0 amide bonds. The number of esters is 1. The van der Waals surface area contributed by atoms with Crippen LogP contribution in [0.2, 0.25) is 5.02 Å². The molecule has 2 atom stereocenters. The second-order valence-electron chi connectivity index (χ2n) is 7.01. The van der Waals surface area contributed by atoms with Crippen molar-refractivity contribution in [2.24, 2.45) is 10.9 Å². The van der Waals surface area contributed by atoms with Crippen LogP contribution >= 0.6 is 11.6 Å². The van der Waals surface area contributed by atoms with E-state index in [-0.39, 0.29) is 22.4 Å². The Balaban J connectivity index is 2.18. The minimum absolute atomic E-state index is 0.0624. The minimum Gasteiger partial charge on any atom is -0.497 e. The first-order valence-electron chi connectivity index (χ1n) is 9.96. The van der Waals surface area contributed by atoms with Gasteiger partial charge in [0.1, 0.15) is 11.8 Å². The summed E-state index contributed by atoms with van der Waals surface area (Å²) in [4.78, 5) is 27.9. The summed E-state index contributed by atoms with van der Waals surface area (Å²) in [5.41, 5.74) is 1.32. The molecule has 32 heavy (non-hydrogen) atoms. The Kier molecular flexibility index (Phi) is 9.28. The maximum absolute atomic E-state index is 12.3. The van der Waals surface area contributed by atoms with E-state index in [1.807, 2.05) is 13.8 Å². The summed E-state index contributed by atoms with van der Waals surface area (Å²) < 4.78 is 15.8. The molecule has 1 N–H and O–H groups in total. The summed E-state index contributed by atoms with van der Waals surface area (Å²) in [5, 5.41) is 9.51. The molecule has 8 heteroatoms. The van der Waals surface area contributed by atoms with E-state index >= 15 is 0 Å². The van der Waals surface area contributed by atoms with Gasteiger partial charge in [0.25, 0.3) is 0 Å². The van der Waals surface area contributed by atoms with Gasteiger partial charge in [0.2, 0.25) is 0 Å². The molecule has 0 aliphatic heterocycles. The van der Waals surface area contributed by atoms with Crippen LogP contribution in [0.1, 0.15) is 31.4 Å². The quantitative estimate of drug-likeness (QED) is 0.235. The van der Waals surface area contributed by atoms with E-state index in [0.717, 1.165) is 5.56 Å². The molecule has 0 radical (unpaired) electrons. The standard InChI is InChI=1S/C24H26ClNO6/c1-5-15(2)22(24(28)29)26-14-17-12-19(25)23(20(13-17)31-4)32-21(27)11-8-16-6-9-18(30-3)10-7-16/h6-15,22H,5H2,1-4H3,(H,28,29)/b11-8+,26-14+. The van der Waals surface area contributed by atoms with Gasteiger partial charge in [-0.15, -0.1) is 0 Å². The van der Waals surface area contributed by atoms with Gasteiger partial charge < -0.3 is 19.3 Å². The van der Waals surface area contributed by atoms with E-state index in [0.29, 0.717) is 17.7 Å². The van der Waals surface area contributed by atoms with Gasteiger partial charge in [-0.1, -0.05) is 44.0 Å². The van der Waals surface area contributed by atoms with Gasteiger partial charge >= 0.3 is 11.9 Å². The molecule has 0 aromatic heterocycles. The van der Waals surface area contributed by atoms with Crippen LogP contribution in [-0.4, -0.2) is 43.5 Å². The van der Waals surface area contributed by atoms with Crippen molar-refractivity contribution >= 4 is 35.8 Å². The molecule has 2 rings (SSSR count). The molecular weight excluding hydrogens is 434 g/mol. The van der Waals surface area contributed by atoms with Crippen molar-refractivity contribution in [3.8, 4) is 17.2 Å². The van der Waals surface area contributed by atoms with Crippen molar-refractivity contribution in [3.63, 3.8) is 0 Å². The second kappa shape index (κ2) is 11.9. The number of methoxy groups -OCH3 is 2. The number of carboxylic acids is 1. The third kappa shape index (κ3) is 6.85. The first-order chi connectivity index (χ1) is 15.3. The summed E-state index contributed by atoms with van der Waals surface area (Å²) in [5.74, 6) is -0.761. The molecule has 2 unspecified atom stereocenters. The lowest BCUT2D eigenvalue weighted by molar-refractivity contribution is -0.139. The number of hydrogen-bond donors (Lipinski definition) is 1. The average molecular weight is 460 g/mol. The Bertz CT molecular complexity index is 1000. The number of ether oxygens (including phenoxy) is 3. The third-order valence-corrected chi connectivity index (χ3v) is 5.08. The van der Waals surface area contributed by atoms with Gasteiger partial charge in [0.05, 0.1) is 19.2 Å². The predicted molar refractivity (Wildman–Crippen MR) is 124 cm³/mol. The van der Waals surface area contributed by atoms with E-state index in [1.54, 1.807) is 43.5 Å². The monoisotopic (exact) mass is 459 g/mol. The number of carboxylic acid groups (broad SMARTS) is 1. The fourth-order valence-corrected chi connectivity index (χ4v) is 3.03. The van der Waals surface area contributed by atoms with Crippen molar-refractivity contribution in [3.05, 3.63) is 58.6 Å². The number of hydrogen-bond acceptors (Lipinski definition) is 6. The molecule has 7 nitrogen and oxygen atoms in total. The van der Waals surface area contributed by atoms with E-state index in [1.165, 1.54) is 25.5 Å². The Morgan fingerprint density at radius 1 is 1.12 bits per heavy atom. The van der Waals surface area contributed by atoms with Crippen LogP contribution in [0, 0.1) is 5.92 Å². The molecule has 0 spiro atoms. The van der Waals surface area contributed by atoms with Gasteiger partial charge in [0.15, 0.2) is 11.5 Å². The van der Waals surface area contributed by atoms with Crippen molar-refractivity contribution < 1.29 is 28.9 Å². The van der Waals surface area contributed by atoms with Gasteiger partial charge in [-0.05, 0) is 47.4 Å². The lowest BCUT2D eigenvalue weighted by atomic mass is 10.00. The van der Waals surface area contributed by atoms with Crippen LogP contribution in [0.5, 0.6) is 17.2 Å². The van der Waals surface area contributed by atoms with E-state index in [2.05, 4.69) is 4.99 Å². The number of aliphatic imine (C=N–C) groups is 1. The number of carbonyl (C=O) groups excluding carboxylic acids is 1. The Hall–Kier alpha value is -3.32. The Morgan fingerprint density at radius 3 is 2.38 bits per heavy atom. The fourth-order valence-electron chi connectivity index (χ4n) is 2.77. The highest BCUT2D eigenvalue weighted by atomic mass is 35.5. The zero-order valence-corrected chi connectivity index (χ0v) is 19.1. The minimum atomic E-state index is -0.997. The predicted octanol–water partition coefficient (Wildman–Crippen LogP) is 4.89. The SMILES string of the molecule is CCC(C)C(/N=C/c1cc(Cl)c(OC(=O)/C=C/c2ccc(OC)cc2)c(OC)c1)C(=O)O. The van der Waals surface area contributed by atoms with Crippen LogP contribution < -0.4 is 14.2 Å². The van der Waals surface area contributed by atoms with Gasteiger partial charge in [0, 0.05) is 12.3 Å². The number of halogens is 1. The van der Waals surface area contributed by atoms with E-state index < -0.39 is 18.0 Å². The van der Waals surface area contributed by atoms with Crippen molar-refractivity contribution in [2.75, 3.05) is 14.2 Å². The molecule has 0 saturated heterocycles. The Morgan fingerprint density at radius 2 is 1.81 bits per heavy atom. The largest absolute Gasteiger partial charge is 0.497 e. The molecule has 0 bridgehead atoms. The van der Waals surface area contributed by atoms with Crippen LogP contribution in [0.3, 0.4) is 0 Å². The summed E-state index contributed by atoms with van der Waals surface area (Å²) in [6.07, 6.45) is 4.98. The zero-order valence-electron chi connectivity index (χ0n) is 18.4. The molecule has 2 aromatic rings. The zero-order chi connectivity index (χ0) is 23.7. The van der Waals surface area contributed by atoms with Crippen LogP contribution in [0.4, 0.5) is 0 Å². The van der Waals surface area contributed by atoms with Crippen LogP contribution in [0.15, 0.2) is 47.5 Å². The van der Waals surface area contributed by atoms with Gasteiger partial charge in [-0.3, -0.25) is 4.99 Å². The van der Waals surface area contributed by atoms with Gasteiger partial charge in [-0.25, -0.2) is 9.59 Å². The normalized spacial score (nSPS) is 13.2. The smallest absolute Gasteiger partial charge is 0.336 e. The lowest BCUT2D eigenvalue weighted by Crippen LogP contribution is -2.25. The highest BCUT2D eigenvalue weighted by Gasteiger charge is 2.22. The maximum Gasteiger partial charge on any atom is 0.336 e. The highest BCUT2D eigenvalue weighted by molar-refractivity contribution is 6.32. The van der Waals surface area contributed by atoms with Crippen LogP contribution in [-0.2, 0) is 9.59 Å². The molecule has 0 saturated carbocycles. The summed E-state index contributed by atoms with van der Waals surface area (Å²) >= 11 is 6.30. The number of carbonyl (C=O) groups is 2. The molecule has 0 fully saturated rings. The van der Waals surface area contributed by atoms with Crippen molar-refractivity contribution in [1.82, 2.24) is 0 Å². The Labute approximate surface area is 192 Å². The number of aliphatic carboxylic acids is 1.